The fourth-order valence-corrected chi connectivity index (χ4v) is 4.31. The molecule has 1 fully saturated rings. The molecule has 0 bridgehead atoms. The highest BCUT2D eigenvalue weighted by atomic mass is 32.2. The van der Waals surface area contributed by atoms with E-state index in [1.54, 1.807) is 23.0 Å². The van der Waals surface area contributed by atoms with Crippen molar-refractivity contribution in [3.05, 3.63) is 53.2 Å². The van der Waals surface area contributed by atoms with Gasteiger partial charge in [-0.15, -0.1) is 5.10 Å². The summed E-state index contributed by atoms with van der Waals surface area (Å²) in [7, 11) is -0.896. The van der Waals surface area contributed by atoms with Crippen molar-refractivity contribution < 1.29 is 17.9 Å². The molecule has 11 heteroatoms. The van der Waals surface area contributed by atoms with Crippen molar-refractivity contribution >= 4 is 10.0 Å². The zero-order valence-corrected chi connectivity index (χ0v) is 18.0. The molecule has 0 spiro atoms. The Hall–Kier alpha value is -3.18. The maximum atomic E-state index is 12.9. The van der Waals surface area contributed by atoms with Crippen LogP contribution >= 0.6 is 0 Å². The first kappa shape index (κ1) is 21.1. The van der Waals surface area contributed by atoms with Gasteiger partial charge < -0.3 is 9.47 Å². The Morgan fingerprint density at radius 2 is 1.94 bits per heavy atom. The van der Waals surface area contributed by atoms with E-state index in [1.807, 2.05) is 6.07 Å². The maximum absolute atomic E-state index is 12.9. The lowest BCUT2D eigenvalue weighted by molar-refractivity contribution is 0.354. The third-order valence-corrected chi connectivity index (χ3v) is 6.44. The molecule has 31 heavy (non-hydrogen) atoms. The Morgan fingerprint density at radius 1 is 1.16 bits per heavy atom. The fourth-order valence-electron chi connectivity index (χ4n) is 3.27. The molecule has 1 aliphatic carbocycles. The Labute approximate surface area is 179 Å². The van der Waals surface area contributed by atoms with Crippen LogP contribution in [0.1, 0.15) is 18.9 Å². The van der Waals surface area contributed by atoms with Gasteiger partial charge in [-0.05, 0) is 37.1 Å². The Bertz CT molecular complexity index is 1230. The van der Waals surface area contributed by atoms with Crippen LogP contribution in [0, 0.1) is 0 Å². The van der Waals surface area contributed by atoms with Crippen molar-refractivity contribution in [2.75, 3.05) is 20.8 Å². The summed E-state index contributed by atoms with van der Waals surface area (Å²) in [5, 5.41) is 4.44. The lowest BCUT2D eigenvalue weighted by Gasteiger charge is -2.11. The van der Waals surface area contributed by atoms with Crippen molar-refractivity contribution in [2.24, 2.45) is 0 Å². The van der Waals surface area contributed by atoms with Crippen molar-refractivity contribution in [1.29, 1.82) is 0 Å². The van der Waals surface area contributed by atoms with Gasteiger partial charge in [0.2, 0.25) is 10.0 Å². The summed E-state index contributed by atoms with van der Waals surface area (Å²) in [5.41, 5.74) is 0.489. The van der Waals surface area contributed by atoms with E-state index in [0.717, 1.165) is 18.4 Å². The number of pyridine rings is 1. The SMILES string of the molecule is COc1ccc(S(=O)(=O)NCCn2nc(-c3cccnc3)n(C3CC3)c2=O)cc1OC. The molecule has 4 rings (SSSR count). The van der Waals surface area contributed by atoms with E-state index in [0.29, 0.717) is 17.3 Å². The minimum atomic E-state index is -3.81. The summed E-state index contributed by atoms with van der Waals surface area (Å²) in [6, 6.07) is 8.09. The highest BCUT2D eigenvalue weighted by Crippen LogP contribution is 2.36. The minimum absolute atomic E-state index is 0.00471. The summed E-state index contributed by atoms with van der Waals surface area (Å²) in [6.07, 6.45) is 5.16. The molecule has 1 N–H and O–H groups in total. The molecule has 0 unspecified atom stereocenters. The molecule has 164 valence electrons. The number of methoxy groups -OCH3 is 2. The van der Waals surface area contributed by atoms with Crippen LogP contribution in [0.25, 0.3) is 11.4 Å². The predicted molar refractivity (Wildman–Crippen MR) is 113 cm³/mol. The number of nitrogens with one attached hydrogen (secondary N) is 1. The number of hydrogen-bond acceptors (Lipinski definition) is 7. The molecule has 0 aliphatic heterocycles. The lowest BCUT2D eigenvalue weighted by atomic mass is 10.3. The summed E-state index contributed by atoms with van der Waals surface area (Å²) < 4.78 is 41.1. The van der Waals surface area contributed by atoms with Gasteiger partial charge in [-0.2, -0.15) is 0 Å². The minimum Gasteiger partial charge on any atom is -0.493 e. The average molecular weight is 446 g/mol. The van der Waals surface area contributed by atoms with Crippen LogP contribution in [0.2, 0.25) is 0 Å². The van der Waals surface area contributed by atoms with Crippen molar-refractivity contribution in [3.63, 3.8) is 0 Å². The molecule has 2 heterocycles. The van der Waals surface area contributed by atoms with Gasteiger partial charge in [0.25, 0.3) is 0 Å². The first-order valence-corrected chi connectivity index (χ1v) is 11.2. The highest BCUT2D eigenvalue weighted by molar-refractivity contribution is 7.89. The molecular weight excluding hydrogens is 422 g/mol. The van der Waals surface area contributed by atoms with E-state index >= 15 is 0 Å². The number of aromatic nitrogens is 4. The molecule has 0 atom stereocenters. The van der Waals surface area contributed by atoms with E-state index in [-0.39, 0.29) is 29.7 Å². The van der Waals surface area contributed by atoms with Gasteiger partial charge >= 0.3 is 5.69 Å². The quantitative estimate of drug-likeness (QED) is 0.529. The molecule has 10 nitrogen and oxygen atoms in total. The van der Waals surface area contributed by atoms with Crippen LogP contribution < -0.4 is 19.9 Å². The van der Waals surface area contributed by atoms with E-state index in [2.05, 4.69) is 14.8 Å². The zero-order valence-electron chi connectivity index (χ0n) is 17.2. The van der Waals surface area contributed by atoms with Crippen LogP contribution in [0.3, 0.4) is 0 Å². The Kier molecular flexibility index (Phi) is 5.79. The number of ether oxygens (including phenoxy) is 2. The molecule has 3 aromatic rings. The first-order valence-electron chi connectivity index (χ1n) is 9.76. The standard InChI is InChI=1S/C20H23N5O5S/c1-29-17-8-7-16(12-18(17)30-2)31(27,28)22-10-11-24-20(26)25(15-5-6-15)19(23-24)14-4-3-9-21-13-14/h3-4,7-9,12-13,15,22H,5-6,10-11H2,1-2H3. The second-order valence-electron chi connectivity index (χ2n) is 7.09. The number of nitrogens with zero attached hydrogens (tertiary/aromatic N) is 4. The number of rotatable bonds is 9. The maximum Gasteiger partial charge on any atom is 0.346 e. The van der Waals surface area contributed by atoms with Gasteiger partial charge in [0.05, 0.1) is 25.7 Å². The smallest absolute Gasteiger partial charge is 0.346 e. The lowest BCUT2D eigenvalue weighted by Crippen LogP contribution is -2.32. The van der Waals surface area contributed by atoms with Crippen LogP contribution in [0.15, 0.2) is 52.4 Å². The Morgan fingerprint density at radius 3 is 2.58 bits per heavy atom. The van der Waals surface area contributed by atoms with Crippen molar-refractivity contribution in [1.82, 2.24) is 24.1 Å². The molecule has 0 radical (unpaired) electrons. The first-order chi connectivity index (χ1) is 14.9. The molecule has 1 aromatic carbocycles. The second kappa shape index (κ2) is 8.52. The van der Waals surface area contributed by atoms with E-state index in [4.69, 9.17) is 9.47 Å². The summed E-state index contributed by atoms with van der Waals surface area (Å²) >= 11 is 0. The summed E-state index contributed by atoms with van der Waals surface area (Å²) in [6.45, 7) is 0.100. The van der Waals surface area contributed by atoms with Gasteiger partial charge in [-0.25, -0.2) is 22.6 Å². The number of sulfonamides is 1. The predicted octanol–water partition coefficient (Wildman–Crippen LogP) is 1.44. The van der Waals surface area contributed by atoms with E-state index in [1.165, 1.54) is 37.1 Å². The largest absolute Gasteiger partial charge is 0.493 e. The van der Waals surface area contributed by atoms with Gasteiger partial charge in [-0.3, -0.25) is 9.55 Å². The number of hydrogen-bond donors (Lipinski definition) is 1. The zero-order chi connectivity index (χ0) is 22.0. The van der Waals surface area contributed by atoms with Gasteiger partial charge in [0.15, 0.2) is 17.3 Å². The third-order valence-electron chi connectivity index (χ3n) is 4.98. The third kappa shape index (κ3) is 4.32. The van der Waals surface area contributed by atoms with Gasteiger partial charge in [0, 0.05) is 36.6 Å². The van der Waals surface area contributed by atoms with Crippen LogP contribution in [0.5, 0.6) is 11.5 Å². The molecule has 1 saturated carbocycles. The number of benzene rings is 1. The van der Waals surface area contributed by atoms with Gasteiger partial charge in [0.1, 0.15) is 0 Å². The summed E-state index contributed by atoms with van der Waals surface area (Å²) in [4.78, 5) is 17.0. The highest BCUT2D eigenvalue weighted by Gasteiger charge is 2.30. The molecule has 0 amide bonds. The Balaban J connectivity index is 1.52. The fraction of sp³-hybridized carbons (Fsp3) is 0.350. The molecule has 1 aliphatic rings. The normalized spacial score (nSPS) is 13.9. The monoisotopic (exact) mass is 445 g/mol. The van der Waals surface area contributed by atoms with Crippen LogP contribution in [-0.4, -0.2) is 48.5 Å². The average Bonchev–Trinajstić information content (AvgIpc) is 3.57. The summed E-state index contributed by atoms with van der Waals surface area (Å²) in [5.74, 6) is 1.29. The second-order valence-corrected chi connectivity index (χ2v) is 8.85. The van der Waals surface area contributed by atoms with Crippen LogP contribution in [-0.2, 0) is 16.6 Å². The molecular formula is C20H23N5O5S. The topological polar surface area (TPSA) is 117 Å². The van der Waals surface area contributed by atoms with E-state index in [9.17, 15) is 13.2 Å². The van der Waals surface area contributed by atoms with Gasteiger partial charge in [-0.1, -0.05) is 0 Å². The van der Waals surface area contributed by atoms with Crippen LogP contribution in [0.4, 0.5) is 0 Å². The van der Waals surface area contributed by atoms with Crippen molar-refractivity contribution in [2.45, 2.75) is 30.3 Å². The molecule has 2 aromatic heterocycles. The molecule has 0 saturated heterocycles. The van der Waals surface area contributed by atoms with Crippen molar-refractivity contribution in [3.8, 4) is 22.9 Å². The van der Waals surface area contributed by atoms with E-state index < -0.39 is 10.0 Å².